The first-order valence-corrected chi connectivity index (χ1v) is 6.56. The quantitative estimate of drug-likeness (QED) is 0.484. The first-order valence-electron chi connectivity index (χ1n) is 6.56. The van der Waals surface area contributed by atoms with Crippen LogP contribution < -0.4 is 0 Å². The second-order valence-electron chi connectivity index (χ2n) is 5.34. The summed E-state index contributed by atoms with van der Waals surface area (Å²) >= 11 is 0. The second kappa shape index (κ2) is 5.88. The zero-order chi connectivity index (χ0) is 14.6. The fraction of sp³-hybridized carbons (Fsp3) is 0.263. The van der Waals surface area contributed by atoms with Gasteiger partial charge in [-0.25, -0.2) is 0 Å². The standard InChI is InChI=1S/C19H24/c1-8-9-10-17(6)19(7,14(2)3)18-13-15(4)11-12-16(18)5/h8-13H,1-2,6H2,3-5,7H3/b10-9-. The lowest BCUT2D eigenvalue weighted by molar-refractivity contribution is 0.671. The molecule has 1 rings (SSSR count). The van der Waals surface area contributed by atoms with Gasteiger partial charge in [-0.2, -0.15) is 0 Å². The Morgan fingerprint density at radius 3 is 2.37 bits per heavy atom. The Morgan fingerprint density at radius 2 is 1.84 bits per heavy atom. The fourth-order valence-corrected chi connectivity index (χ4v) is 2.30. The lowest BCUT2D eigenvalue weighted by Crippen LogP contribution is -2.26. The third kappa shape index (κ3) is 2.96. The van der Waals surface area contributed by atoms with E-state index in [-0.39, 0.29) is 5.41 Å². The number of benzene rings is 1. The zero-order valence-corrected chi connectivity index (χ0v) is 12.6. The van der Waals surface area contributed by atoms with E-state index in [2.05, 4.69) is 65.6 Å². The lowest BCUT2D eigenvalue weighted by atomic mass is 9.70. The first kappa shape index (κ1) is 15.2. The van der Waals surface area contributed by atoms with Crippen LogP contribution in [0, 0.1) is 13.8 Å². The zero-order valence-electron chi connectivity index (χ0n) is 12.6. The number of aryl methyl sites for hydroxylation is 2. The molecular formula is C19H24. The van der Waals surface area contributed by atoms with Crippen LogP contribution >= 0.6 is 0 Å². The summed E-state index contributed by atoms with van der Waals surface area (Å²) in [5, 5.41) is 0. The number of hydrogen-bond acceptors (Lipinski definition) is 0. The van der Waals surface area contributed by atoms with E-state index in [4.69, 9.17) is 0 Å². The van der Waals surface area contributed by atoms with Crippen LogP contribution in [0.15, 0.2) is 67.3 Å². The van der Waals surface area contributed by atoms with Crippen molar-refractivity contribution in [2.24, 2.45) is 0 Å². The van der Waals surface area contributed by atoms with Crippen molar-refractivity contribution < 1.29 is 0 Å². The highest BCUT2D eigenvalue weighted by atomic mass is 14.3. The van der Waals surface area contributed by atoms with Crippen molar-refractivity contribution >= 4 is 0 Å². The van der Waals surface area contributed by atoms with Gasteiger partial charge in [-0.05, 0) is 44.4 Å². The average Bonchev–Trinajstić information content (AvgIpc) is 2.37. The van der Waals surface area contributed by atoms with Crippen LogP contribution in [0.5, 0.6) is 0 Å². The van der Waals surface area contributed by atoms with Gasteiger partial charge in [0.25, 0.3) is 0 Å². The maximum absolute atomic E-state index is 4.24. The van der Waals surface area contributed by atoms with Crippen molar-refractivity contribution in [2.75, 3.05) is 0 Å². The average molecular weight is 252 g/mol. The van der Waals surface area contributed by atoms with Crippen LogP contribution in [-0.2, 0) is 5.41 Å². The van der Waals surface area contributed by atoms with Crippen molar-refractivity contribution in [3.8, 4) is 0 Å². The maximum atomic E-state index is 4.24. The van der Waals surface area contributed by atoms with Crippen molar-refractivity contribution in [3.05, 3.63) is 84.0 Å². The highest BCUT2D eigenvalue weighted by Gasteiger charge is 2.31. The molecule has 0 saturated heterocycles. The largest absolute Gasteiger partial charge is 0.0991 e. The van der Waals surface area contributed by atoms with E-state index >= 15 is 0 Å². The number of rotatable bonds is 5. The molecule has 0 fully saturated rings. The van der Waals surface area contributed by atoms with E-state index in [0.29, 0.717) is 0 Å². The normalized spacial score (nSPS) is 14.1. The van der Waals surface area contributed by atoms with Crippen LogP contribution in [0.25, 0.3) is 0 Å². The SMILES string of the molecule is C=C/C=C\C(=C)C(C)(C(=C)C)c1cc(C)ccc1C. The summed E-state index contributed by atoms with van der Waals surface area (Å²) in [4.78, 5) is 0. The molecule has 1 atom stereocenters. The van der Waals surface area contributed by atoms with E-state index in [9.17, 15) is 0 Å². The molecule has 19 heavy (non-hydrogen) atoms. The van der Waals surface area contributed by atoms with Crippen LogP contribution in [0.3, 0.4) is 0 Å². The molecule has 0 aromatic heterocycles. The Kier molecular flexibility index (Phi) is 4.72. The minimum Gasteiger partial charge on any atom is -0.0991 e. The molecule has 0 heterocycles. The van der Waals surface area contributed by atoms with Crippen molar-refractivity contribution in [1.29, 1.82) is 0 Å². The molecule has 0 radical (unpaired) electrons. The van der Waals surface area contributed by atoms with Gasteiger partial charge in [-0.3, -0.25) is 0 Å². The predicted octanol–water partition coefficient (Wildman–Crippen LogP) is 5.44. The summed E-state index contributed by atoms with van der Waals surface area (Å²) in [6.07, 6.45) is 5.71. The van der Waals surface area contributed by atoms with Crippen LogP contribution in [0.1, 0.15) is 30.5 Å². The number of hydrogen-bond donors (Lipinski definition) is 0. The number of allylic oxidation sites excluding steroid dienone is 5. The lowest BCUT2D eigenvalue weighted by Gasteiger charge is -2.34. The van der Waals surface area contributed by atoms with Crippen molar-refractivity contribution in [1.82, 2.24) is 0 Å². The van der Waals surface area contributed by atoms with E-state index in [0.717, 1.165) is 11.1 Å². The van der Waals surface area contributed by atoms with Crippen LogP contribution in [0.4, 0.5) is 0 Å². The Hall–Kier alpha value is -1.82. The van der Waals surface area contributed by atoms with Gasteiger partial charge in [0, 0.05) is 5.41 Å². The molecule has 0 heteroatoms. The Morgan fingerprint density at radius 1 is 1.21 bits per heavy atom. The molecule has 0 aliphatic heterocycles. The van der Waals surface area contributed by atoms with E-state index in [1.165, 1.54) is 16.7 Å². The second-order valence-corrected chi connectivity index (χ2v) is 5.34. The molecule has 0 amide bonds. The summed E-state index contributed by atoms with van der Waals surface area (Å²) in [6, 6.07) is 6.54. The first-order chi connectivity index (χ1) is 8.83. The highest BCUT2D eigenvalue weighted by molar-refractivity contribution is 5.51. The molecular weight excluding hydrogens is 228 g/mol. The molecule has 1 unspecified atom stereocenters. The monoisotopic (exact) mass is 252 g/mol. The van der Waals surface area contributed by atoms with Crippen LogP contribution in [-0.4, -0.2) is 0 Å². The molecule has 0 spiro atoms. The minimum atomic E-state index is -0.240. The molecule has 1 aromatic rings. The van der Waals surface area contributed by atoms with Gasteiger partial charge >= 0.3 is 0 Å². The van der Waals surface area contributed by atoms with E-state index in [1.54, 1.807) is 6.08 Å². The molecule has 0 N–H and O–H groups in total. The van der Waals surface area contributed by atoms with Gasteiger partial charge in [-0.1, -0.05) is 67.3 Å². The summed E-state index contributed by atoms with van der Waals surface area (Å²) in [5.41, 5.74) is 5.69. The topological polar surface area (TPSA) is 0 Å². The predicted molar refractivity (Wildman–Crippen MR) is 86.6 cm³/mol. The third-order valence-corrected chi connectivity index (χ3v) is 3.86. The van der Waals surface area contributed by atoms with Crippen LogP contribution in [0.2, 0.25) is 0 Å². The Labute approximate surface area is 117 Å². The molecule has 0 saturated carbocycles. The van der Waals surface area contributed by atoms with Gasteiger partial charge in [0.1, 0.15) is 0 Å². The van der Waals surface area contributed by atoms with Gasteiger partial charge in [0.15, 0.2) is 0 Å². The Bertz CT molecular complexity index is 543. The minimum absolute atomic E-state index is 0.240. The Balaban J connectivity index is 3.46. The smallest absolute Gasteiger partial charge is 0.0374 e. The fourth-order valence-electron chi connectivity index (χ4n) is 2.30. The molecule has 0 nitrogen and oxygen atoms in total. The molecule has 0 bridgehead atoms. The van der Waals surface area contributed by atoms with Gasteiger partial charge < -0.3 is 0 Å². The molecule has 1 aromatic carbocycles. The van der Waals surface area contributed by atoms with Gasteiger partial charge in [0.05, 0.1) is 0 Å². The van der Waals surface area contributed by atoms with Crippen molar-refractivity contribution in [3.63, 3.8) is 0 Å². The van der Waals surface area contributed by atoms with Crippen molar-refractivity contribution in [2.45, 2.75) is 33.1 Å². The van der Waals surface area contributed by atoms with E-state index in [1.807, 2.05) is 12.2 Å². The maximum Gasteiger partial charge on any atom is 0.0374 e. The summed E-state index contributed by atoms with van der Waals surface area (Å²) < 4.78 is 0. The highest BCUT2D eigenvalue weighted by Crippen LogP contribution is 2.39. The summed E-state index contributed by atoms with van der Waals surface area (Å²) in [6.45, 7) is 20.6. The van der Waals surface area contributed by atoms with E-state index < -0.39 is 0 Å². The third-order valence-electron chi connectivity index (χ3n) is 3.86. The molecule has 0 aliphatic rings. The summed E-state index contributed by atoms with van der Waals surface area (Å²) in [5.74, 6) is 0. The molecule has 100 valence electrons. The molecule has 0 aliphatic carbocycles. The van der Waals surface area contributed by atoms with Gasteiger partial charge in [-0.15, -0.1) is 0 Å². The van der Waals surface area contributed by atoms with Gasteiger partial charge in [0.2, 0.25) is 0 Å². The summed E-state index contributed by atoms with van der Waals surface area (Å²) in [7, 11) is 0.